The van der Waals surface area contributed by atoms with Gasteiger partial charge in [-0.1, -0.05) is 13.0 Å². The maximum atomic E-state index is 12.6. The molecule has 0 atom stereocenters. The summed E-state index contributed by atoms with van der Waals surface area (Å²) < 4.78 is 0. The van der Waals surface area contributed by atoms with Gasteiger partial charge in [0, 0.05) is 44.8 Å². The van der Waals surface area contributed by atoms with Crippen molar-refractivity contribution in [3.05, 3.63) is 29.8 Å². The summed E-state index contributed by atoms with van der Waals surface area (Å²) in [4.78, 5) is 30.6. The first-order chi connectivity index (χ1) is 11.5. The van der Waals surface area contributed by atoms with Gasteiger partial charge in [-0.2, -0.15) is 0 Å². The number of carbonyl (C=O) groups is 2. The summed E-state index contributed by atoms with van der Waals surface area (Å²) in [7, 11) is 0. The lowest BCUT2D eigenvalue weighted by atomic mass is 9.99. The summed E-state index contributed by atoms with van der Waals surface area (Å²) in [5.41, 5.74) is 0.486. The molecule has 3 rings (SSSR count). The number of amides is 3. The number of hydrogen-bond donors (Lipinski definition) is 1. The van der Waals surface area contributed by atoms with Crippen LogP contribution in [0.3, 0.4) is 0 Å². The zero-order valence-corrected chi connectivity index (χ0v) is 14.1. The van der Waals surface area contributed by atoms with Crippen molar-refractivity contribution in [2.24, 2.45) is 5.92 Å². The van der Waals surface area contributed by atoms with Gasteiger partial charge in [-0.05, 0) is 37.0 Å². The van der Waals surface area contributed by atoms with Gasteiger partial charge in [0.2, 0.25) is 0 Å². The number of phenols is 1. The molecule has 2 aliphatic heterocycles. The number of benzene rings is 1. The SMILES string of the molecule is CC1CCN(C(=O)N2CCN(C(=O)c3cccc(O)c3)CC2)CC1. The molecule has 0 bridgehead atoms. The van der Waals surface area contributed by atoms with Crippen LogP contribution in [0, 0.1) is 5.92 Å². The summed E-state index contributed by atoms with van der Waals surface area (Å²) in [5.74, 6) is 0.699. The smallest absolute Gasteiger partial charge is 0.320 e. The lowest BCUT2D eigenvalue weighted by Crippen LogP contribution is -2.55. The van der Waals surface area contributed by atoms with Crippen molar-refractivity contribution in [2.75, 3.05) is 39.3 Å². The van der Waals surface area contributed by atoms with Gasteiger partial charge in [0.1, 0.15) is 5.75 Å². The number of nitrogens with zero attached hydrogens (tertiary/aromatic N) is 3. The topological polar surface area (TPSA) is 64.1 Å². The molecule has 2 aliphatic rings. The van der Waals surface area contributed by atoms with Crippen LogP contribution in [0.5, 0.6) is 5.75 Å². The van der Waals surface area contributed by atoms with Crippen molar-refractivity contribution in [1.82, 2.24) is 14.7 Å². The van der Waals surface area contributed by atoms with Crippen LogP contribution in [0.1, 0.15) is 30.1 Å². The van der Waals surface area contributed by atoms with Crippen LogP contribution in [-0.2, 0) is 0 Å². The van der Waals surface area contributed by atoms with Crippen LogP contribution < -0.4 is 0 Å². The van der Waals surface area contributed by atoms with Crippen LogP contribution in [0.15, 0.2) is 24.3 Å². The molecule has 1 aromatic rings. The number of aromatic hydroxyl groups is 1. The Labute approximate surface area is 142 Å². The van der Waals surface area contributed by atoms with E-state index in [4.69, 9.17) is 0 Å². The minimum Gasteiger partial charge on any atom is -0.508 e. The minimum atomic E-state index is -0.0928. The van der Waals surface area contributed by atoms with Gasteiger partial charge < -0.3 is 19.8 Å². The van der Waals surface area contributed by atoms with Gasteiger partial charge >= 0.3 is 6.03 Å². The standard InChI is InChI=1S/C18H25N3O3/c1-14-5-7-20(8-6-14)18(24)21-11-9-19(10-12-21)17(23)15-3-2-4-16(22)13-15/h2-4,13-14,22H,5-12H2,1H3. The van der Waals surface area contributed by atoms with E-state index < -0.39 is 0 Å². The largest absolute Gasteiger partial charge is 0.508 e. The molecule has 0 saturated carbocycles. The average molecular weight is 331 g/mol. The molecule has 130 valence electrons. The van der Waals surface area contributed by atoms with Crippen LogP contribution in [-0.4, -0.2) is 71.0 Å². The summed E-state index contributed by atoms with van der Waals surface area (Å²) in [6, 6.07) is 6.50. The van der Waals surface area contributed by atoms with Crippen molar-refractivity contribution in [3.8, 4) is 5.75 Å². The molecule has 6 nitrogen and oxygen atoms in total. The highest BCUT2D eigenvalue weighted by molar-refractivity contribution is 5.94. The van der Waals surface area contributed by atoms with E-state index >= 15 is 0 Å². The van der Waals surface area contributed by atoms with Crippen LogP contribution >= 0.6 is 0 Å². The van der Waals surface area contributed by atoms with E-state index in [-0.39, 0.29) is 17.7 Å². The fraction of sp³-hybridized carbons (Fsp3) is 0.556. The molecule has 0 aromatic heterocycles. The molecule has 3 amide bonds. The Kier molecular flexibility index (Phi) is 4.92. The third-order valence-electron chi connectivity index (χ3n) is 4.98. The fourth-order valence-corrected chi connectivity index (χ4v) is 3.32. The summed E-state index contributed by atoms with van der Waals surface area (Å²) in [6.45, 7) is 6.10. The molecule has 0 spiro atoms. The summed E-state index contributed by atoms with van der Waals surface area (Å²) in [6.07, 6.45) is 2.14. The third-order valence-corrected chi connectivity index (χ3v) is 4.98. The molecular weight excluding hydrogens is 306 g/mol. The van der Waals surface area contributed by atoms with Gasteiger partial charge in [-0.3, -0.25) is 4.79 Å². The fourth-order valence-electron chi connectivity index (χ4n) is 3.32. The molecule has 6 heteroatoms. The molecule has 0 aliphatic carbocycles. The highest BCUT2D eigenvalue weighted by Crippen LogP contribution is 2.19. The zero-order valence-electron chi connectivity index (χ0n) is 14.1. The Bertz CT molecular complexity index is 603. The second kappa shape index (κ2) is 7.11. The quantitative estimate of drug-likeness (QED) is 0.856. The lowest BCUT2D eigenvalue weighted by molar-refractivity contribution is 0.0627. The molecule has 1 N–H and O–H groups in total. The van der Waals surface area contributed by atoms with Crippen LogP contribution in [0.2, 0.25) is 0 Å². The van der Waals surface area contributed by atoms with Crippen molar-refractivity contribution in [1.29, 1.82) is 0 Å². The summed E-state index contributed by atoms with van der Waals surface area (Å²) in [5, 5.41) is 9.51. The van der Waals surface area contributed by atoms with E-state index in [2.05, 4.69) is 6.92 Å². The predicted octanol–water partition coefficient (Wildman–Crippen LogP) is 2.00. The maximum Gasteiger partial charge on any atom is 0.320 e. The van der Waals surface area contributed by atoms with E-state index in [1.807, 2.05) is 9.80 Å². The molecule has 24 heavy (non-hydrogen) atoms. The Balaban J connectivity index is 1.54. The average Bonchev–Trinajstić information content (AvgIpc) is 2.61. The summed E-state index contributed by atoms with van der Waals surface area (Å²) >= 11 is 0. The molecule has 2 saturated heterocycles. The third kappa shape index (κ3) is 3.63. The van der Waals surface area contributed by atoms with Gasteiger partial charge in [-0.15, -0.1) is 0 Å². The molecule has 2 fully saturated rings. The first kappa shape index (κ1) is 16.6. The number of likely N-dealkylation sites (tertiary alicyclic amines) is 1. The monoisotopic (exact) mass is 331 g/mol. The van der Waals surface area contributed by atoms with Crippen LogP contribution in [0.25, 0.3) is 0 Å². The van der Waals surface area contributed by atoms with E-state index in [9.17, 15) is 14.7 Å². The number of hydrogen-bond acceptors (Lipinski definition) is 3. The number of phenolic OH excluding ortho intramolecular Hbond substituents is 1. The van der Waals surface area contributed by atoms with Crippen molar-refractivity contribution in [3.63, 3.8) is 0 Å². The van der Waals surface area contributed by atoms with Crippen LogP contribution in [0.4, 0.5) is 4.79 Å². The number of rotatable bonds is 1. The first-order valence-corrected chi connectivity index (χ1v) is 8.67. The molecular formula is C18H25N3O3. The Morgan fingerprint density at radius 3 is 2.17 bits per heavy atom. The van der Waals surface area contributed by atoms with E-state index in [1.54, 1.807) is 23.1 Å². The molecule has 0 unspecified atom stereocenters. The van der Waals surface area contributed by atoms with E-state index in [0.29, 0.717) is 37.7 Å². The van der Waals surface area contributed by atoms with Crippen molar-refractivity contribution in [2.45, 2.75) is 19.8 Å². The lowest BCUT2D eigenvalue weighted by Gasteiger charge is -2.39. The Hall–Kier alpha value is -2.24. The Morgan fingerprint density at radius 2 is 1.54 bits per heavy atom. The highest BCUT2D eigenvalue weighted by Gasteiger charge is 2.29. The molecule has 2 heterocycles. The zero-order chi connectivity index (χ0) is 17.1. The van der Waals surface area contributed by atoms with E-state index in [0.717, 1.165) is 25.9 Å². The number of piperazine rings is 1. The minimum absolute atomic E-state index is 0.0917. The number of urea groups is 1. The number of piperidine rings is 1. The van der Waals surface area contributed by atoms with Gasteiger partial charge in [0.05, 0.1) is 0 Å². The van der Waals surface area contributed by atoms with Crippen molar-refractivity contribution >= 4 is 11.9 Å². The highest BCUT2D eigenvalue weighted by atomic mass is 16.3. The molecule has 0 radical (unpaired) electrons. The number of carbonyl (C=O) groups excluding carboxylic acids is 2. The van der Waals surface area contributed by atoms with Gasteiger partial charge in [0.15, 0.2) is 0 Å². The van der Waals surface area contributed by atoms with Crippen molar-refractivity contribution < 1.29 is 14.7 Å². The second-order valence-corrected chi connectivity index (χ2v) is 6.78. The first-order valence-electron chi connectivity index (χ1n) is 8.67. The maximum absolute atomic E-state index is 12.6. The normalized spacial score (nSPS) is 19.5. The van der Waals surface area contributed by atoms with Gasteiger partial charge in [0.25, 0.3) is 5.91 Å². The second-order valence-electron chi connectivity index (χ2n) is 6.78. The van der Waals surface area contributed by atoms with Gasteiger partial charge in [-0.25, -0.2) is 4.79 Å². The Morgan fingerprint density at radius 1 is 0.958 bits per heavy atom. The predicted molar refractivity (Wildman–Crippen MR) is 91.0 cm³/mol. The van der Waals surface area contributed by atoms with E-state index in [1.165, 1.54) is 6.07 Å². The molecule has 1 aromatic carbocycles.